The lowest BCUT2D eigenvalue weighted by Gasteiger charge is -1.99. The molecular weight excluding hydrogens is 226 g/mol. The van der Waals surface area contributed by atoms with E-state index in [1.165, 1.54) is 12.1 Å². The Kier molecular flexibility index (Phi) is 4.83. The fourth-order valence-electron chi connectivity index (χ4n) is 1.17. The molecule has 1 rings (SSSR count). The number of rotatable bonds is 3. The molecule has 0 heterocycles. The van der Waals surface area contributed by atoms with Crippen LogP contribution in [0.2, 0.25) is 0 Å². The van der Waals surface area contributed by atoms with E-state index < -0.39 is 4.92 Å². The highest BCUT2D eigenvalue weighted by Gasteiger charge is 2.12. The Morgan fingerprint density at radius 1 is 1.50 bits per heavy atom. The first-order valence-corrected chi connectivity index (χ1v) is 5.30. The molecule has 1 N–H and O–H groups in total. The minimum atomic E-state index is -0.519. The summed E-state index contributed by atoms with van der Waals surface area (Å²) in [6.07, 6.45) is 0.638. The first-order chi connectivity index (χ1) is 7.69. The van der Waals surface area contributed by atoms with Gasteiger partial charge in [-0.25, -0.2) is 0 Å². The van der Waals surface area contributed by atoms with Gasteiger partial charge in [-0.15, -0.1) is 0 Å². The third kappa shape index (κ3) is 3.26. The molecule has 0 saturated heterocycles. The molecule has 0 aliphatic heterocycles. The van der Waals surface area contributed by atoms with Gasteiger partial charge in [-0.2, -0.15) is 12.6 Å². The van der Waals surface area contributed by atoms with Crippen LogP contribution in [0, 0.1) is 22.0 Å². The van der Waals surface area contributed by atoms with Crippen LogP contribution in [0.5, 0.6) is 0 Å². The van der Waals surface area contributed by atoms with Gasteiger partial charge in [-0.1, -0.05) is 11.8 Å². The van der Waals surface area contributed by atoms with Crippen LogP contribution in [0.3, 0.4) is 0 Å². The molecule has 0 aliphatic rings. The number of aliphatic hydroxyl groups excluding tert-OH is 1. The molecule has 0 radical (unpaired) electrons. The van der Waals surface area contributed by atoms with Gasteiger partial charge in [0, 0.05) is 23.8 Å². The molecule has 16 heavy (non-hydrogen) atoms. The predicted octanol–water partition coefficient (Wildman–Crippen LogP) is 1.76. The Hall–Kier alpha value is -1.51. The molecule has 0 spiro atoms. The van der Waals surface area contributed by atoms with Crippen LogP contribution in [-0.4, -0.2) is 15.8 Å². The normalized spacial score (nSPS) is 9.38. The van der Waals surface area contributed by atoms with Crippen LogP contribution in [0.15, 0.2) is 18.2 Å². The molecule has 1 aromatic rings. The SMILES string of the molecule is O=[N+]([O-])c1cc(C#CCCS)ccc1CO. The number of hydrogen-bond donors (Lipinski definition) is 2. The molecule has 0 aromatic heterocycles. The summed E-state index contributed by atoms with van der Waals surface area (Å²) in [5.74, 6) is 6.31. The minimum Gasteiger partial charge on any atom is -0.391 e. The van der Waals surface area contributed by atoms with Crippen LogP contribution < -0.4 is 0 Å². The molecule has 1 aromatic carbocycles. The molecule has 0 unspecified atom stereocenters. The van der Waals surface area contributed by atoms with Crippen molar-refractivity contribution in [2.75, 3.05) is 5.75 Å². The van der Waals surface area contributed by atoms with E-state index in [2.05, 4.69) is 24.5 Å². The van der Waals surface area contributed by atoms with Gasteiger partial charge >= 0.3 is 0 Å². The lowest BCUT2D eigenvalue weighted by Crippen LogP contribution is -1.95. The van der Waals surface area contributed by atoms with E-state index in [0.717, 1.165) is 0 Å². The van der Waals surface area contributed by atoms with E-state index in [9.17, 15) is 10.1 Å². The maximum Gasteiger partial charge on any atom is 0.276 e. The lowest BCUT2D eigenvalue weighted by atomic mass is 10.1. The number of nitro groups is 1. The number of benzene rings is 1. The van der Waals surface area contributed by atoms with Crippen LogP contribution in [0.1, 0.15) is 17.5 Å². The molecule has 84 valence electrons. The van der Waals surface area contributed by atoms with Crippen molar-refractivity contribution in [1.82, 2.24) is 0 Å². The third-order valence-electron chi connectivity index (χ3n) is 1.92. The number of nitro benzene ring substituents is 1. The Bertz CT molecular complexity index is 448. The monoisotopic (exact) mass is 237 g/mol. The Morgan fingerprint density at radius 3 is 2.81 bits per heavy atom. The predicted molar refractivity (Wildman–Crippen MR) is 64.4 cm³/mol. The molecule has 0 saturated carbocycles. The van der Waals surface area contributed by atoms with Gasteiger partial charge in [-0.05, 0) is 12.1 Å². The van der Waals surface area contributed by atoms with Gasteiger partial charge in [0.2, 0.25) is 0 Å². The Labute approximate surface area is 98.9 Å². The molecule has 5 heteroatoms. The molecule has 4 nitrogen and oxygen atoms in total. The van der Waals surface area contributed by atoms with Gasteiger partial charge in [0.25, 0.3) is 5.69 Å². The van der Waals surface area contributed by atoms with Crippen LogP contribution in [0.4, 0.5) is 5.69 Å². The van der Waals surface area contributed by atoms with Crippen LogP contribution in [-0.2, 0) is 6.61 Å². The summed E-state index contributed by atoms with van der Waals surface area (Å²) in [6, 6.07) is 4.55. The van der Waals surface area contributed by atoms with Gasteiger partial charge in [0.05, 0.1) is 17.1 Å². The lowest BCUT2D eigenvalue weighted by molar-refractivity contribution is -0.385. The second-order valence-corrected chi connectivity index (χ2v) is 3.48. The number of hydrogen-bond acceptors (Lipinski definition) is 4. The van der Waals surface area contributed by atoms with Crippen molar-refractivity contribution in [2.45, 2.75) is 13.0 Å². The fourth-order valence-corrected chi connectivity index (χ4v) is 1.28. The van der Waals surface area contributed by atoms with Crippen molar-refractivity contribution in [1.29, 1.82) is 0 Å². The average molecular weight is 237 g/mol. The highest BCUT2D eigenvalue weighted by Crippen LogP contribution is 2.19. The summed E-state index contributed by atoms with van der Waals surface area (Å²) in [4.78, 5) is 10.2. The maximum atomic E-state index is 10.7. The molecule has 0 fully saturated rings. The standard InChI is InChI=1S/C11H11NO3S/c13-8-10-5-4-9(3-1-2-6-16)7-11(10)12(14)15/h4-5,7,13,16H,2,6,8H2. The summed E-state index contributed by atoms with van der Waals surface area (Å²) < 4.78 is 0. The van der Waals surface area contributed by atoms with E-state index in [1.807, 2.05) is 0 Å². The maximum absolute atomic E-state index is 10.7. The van der Waals surface area contributed by atoms with Crippen molar-refractivity contribution >= 4 is 18.3 Å². The van der Waals surface area contributed by atoms with Crippen LogP contribution >= 0.6 is 12.6 Å². The molecule has 0 atom stereocenters. The first-order valence-electron chi connectivity index (χ1n) is 4.67. The van der Waals surface area contributed by atoms with Gasteiger partial charge in [0.1, 0.15) is 0 Å². The molecular formula is C11H11NO3S. The largest absolute Gasteiger partial charge is 0.391 e. The van der Waals surface area contributed by atoms with E-state index in [-0.39, 0.29) is 12.3 Å². The van der Waals surface area contributed by atoms with Crippen molar-refractivity contribution in [3.05, 3.63) is 39.4 Å². The quantitative estimate of drug-likeness (QED) is 0.364. The minimum absolute atomic E-state index is 0.0971. The third-order valence-corrected chi connectivity index (χ3v) is 2.15. The van der Waals surface area contributed by atoms with E-state index in [0.29, 0.717) is 23.3 Å². The number of thiol groups is 1. The number of aliphatic hydroxyl groups is 1. The van der Waals surface area contributed by atoms with E-state index in [4.69, 9.17) is 5.11 Å². The Morgan fingerprint density at radius 2 is 2.25 bits per heavy atom. The van der Waals surface area contributed by atoms with Crippen molar-refractivity contribution in [3.63, 3.8) is 0 Å². The van der Waals surface area contributed by atoms with Gasteiger partial charge < -0.3 is 5.11 Å². The zero-order valence-electron chi connectivity index (χ0n) is 8.51. The highest BCUT2D eigenvalue weighted by molar-refractivity contribution is 7.80. The second-order valence-electron chi connectivity index (χ2n) is 3.03. The zero-order valence-corrected chi connectivity index (χ0v) is 9.41. The van der Waals surface area contributed by atoms with Crippen molar-refractivity contribution < 1.29 is 10.0 Å². The topological polar surface area (TPSA) is 63.4 Å². The summed E-state index contributed by atoms with van der Waals surface area (Å²) in [5, 5.41) is 19.6. The van der Waals surface area contributed by atoms with Gasteiger partial charge in [0.15, 0.2) is 0 Å². The van der Waals surface area contributed by atoms with Gasteiger partial charge in [-0.3, -0.25) is 10.1 Å². The molecule has 0 aliphatic carbocycles. The Balaban J connectivity index is 3.04. The summed E-state index contributed by atoms with van der Waals surface area (Å²) in [6.45, 7) is -0.347. The summed E-state index contributed by atoms with van der Waals surface area (Å²) >= 11 is 4.01. The fraction of sp³-hybridized carbons (Fsp3) is 0.273. The molecule has 0 bridgehead atoms. The average Bonchev–Trinajstić information content (AvgIpc) is 2.29. The highest BCUT2D eigenvalue weighted by atomic mass is 32.1. The van der Waals surface area contributed by atoms with E-state index >= 15 is 0 Å². The first kappa shape index (κ1) is 12.6. The van der Waals surface area contributed by atoms with E-state index in [1.54, 1.807) is 6.07 Å². The van der Waals surface area contributed by atoms with Crippen LogP contribution in [0.25, 0.3) is 0 Å². The molecule has 0 amide bonds. The summed E-state index contributed by atoms with van der Waals surface area (Å²) in [7, 11) is 0. The number of nitrogens with zero attached hydrogens (tertiary/aromatic N) is 1. The summed E-state index contributed by atoms with van der Waals surface area (Å²) in [5.41, 5.74) is 0.774. The van der Waals surface area contributed by atoms with Crippen molar-refractivity contribution in [3.8, 4) is 11.8 Å². The smallest absolute Gasteiger partial charge is 0.276 e. The second kappa shape index (κ2) is 6.16. The van der Waals surface area contributed by atoms with Crippen molar-refractivity contribution in [2.24, 2.45) is 0 Å². The zero-order chi connectivity index (χ0) is 12.0.